The Labute approximate surface area is 123 Å². The number of rotatable bonds is 3. The first-order valence-electron chi connectivity index (χ1n) is 6.71. The minimum absolute atomic E-state index is 0.121. The Hall–Kier alpha value is -1.39. The van der Waals surface area contributed by atoms with Gasteiger partial charge < -0.3 is 4.74 Å². The number of hydrogen-bond donors (Lipinski definition) is 2. The standard InChI is InChI=1S/C16H17ClN2O/c17-14-8-4-3-7-13(14)15(19-18)16-12-6-2-1-5-11(12)9-10-20-16/h1-8,15-16,19H,9-10,18H2. The van der Waals surface area contributed by atoms with Crippen LogP contribution in [0.15, 0.2) is 48.5 Å². The molecule has 0 aliphatic carbocycles. The van der Waals surface area contributed by atoms with Crippen LogP contribution in [-0.2, 0) is 11.2 Å². The lowest BCUT2D eigenvalue weighted by Crippen LogP contribution is -2.36. The monoisotopic (exact) mass is 288 g/mol. The van der Waals surface area contributed by atoms with Crippen molar-refractivity contribution < 1.29 is 4.74 Å². The van der Waals surface area contributed by atoms with Crippen molar-refractivity contribution in [2.45, 2.75) is 18.6 Å². The zero-order valence-corrected chi connectivity index (χ0v) is 11.8. The first-order chi connectivity index (χ1) is 9.81. The van der Waals surface area contributed by atoms with Crippen LogP contribution in [0.3, 0.4) is 0 Å². The molecule has 1 aliphatic heterocycles. The third-order valence-electron chi connectivity index (χ3n) is 3.75. The van der Waals surface area contributed by atoms with Crippen molar-refractivity contribution >= 4 is 11.6 Å². The molecule has 2 aromatic rings. The summed E-state index contributed by atoms with van der Waals surface area (Å²) in [5.74, 6) is 5.77. The molecule has 4 heteroatoms. The zero-order chi connectivity index (χ0) is 13.9. The van der Waals surface area contributed by atoms with Crippen LogP contribution >= 0.6 is 11.6 Å². The van der Waals surface area contributed by atoms with Gasteiger partial charge in [-0.05, 0) is 29.2 Å². The lowest BCUT2D eigenvalue weighted by atomic mass is 9.90. The third-order valence-corrected chi connectivity index (χ3v) is 4.10. The van der Waals surface area contributed by atoms with Crippen LogP contribution in [0.2, 0.25) is 5.02 Å². The summed E-state index contributed by atoms with van der Waals surface area (Å²) in [5, 5.41) is 0.696. The van der Waals surface area contributed by atoms with Crippen LogP contribution in [0.1, 0.15) is 28.8 Å². The molecule has 0 saturated heterocycles. The lowest BCUT2D eigenvalue weighted by Gasteiger charge is -2.32. The summed E-state index contributed by atoms with van der Waals surface area (Å²) in [6.07, 6.45) is 0.816. The molecule has 1 heterocycles. The van der Waals surface area contributed by atoms with E-state index in [2.05, 4.69) is 23.6 Å². The molecule has 3 N–H and O–H groups in total. The van der Waals surface area contributed by atoms with E-state index >= 15 is 0 Å². The minimum atomic E-state index is -0.162. The van der Waals surface area contributed by atoms with Crippen LogP contribution in [0.5, 0.6) is 0 Å². The van der Waals surface area contributed by atoms with Crippen molar-refractivity contribution in [2.24, 2.45) is 5.84 Å². The van der Waals surface area contributed by atoms with Gasteiger partial charge in [-0.3, -0.25) is 5.84 Å². The Morgan fingerprint density at radius 1 is 1.15 bits per heavy atom. The molecule has 0 bridgehead atoms. The summed E-state index contributed by atoms with van der Waals surface area (Å²) in [5.41, 5.74) is 6.32. The van der Waals surface area contributed by atoms with Gasteiger partial charge in [0.2, 0.25) is 0 Å². The molecule has 0 radical (unpaired) electrons. The zero-order valence-electron chi connectivity index (χ0n) is 11.1. The molecule has 0 aromatic heterocycles. The highest BCUT2D eigenvalue weighted by atomic mass is 35.5. The second-order valence-electron chi connectivity index (χ2n) is 4.91. The quantitative estimate of drug-likeness (QED) is 0.674. The molecule has 3 rings (SSSR count). The number of nitrogens with one attached hydrogen (secondary N) is 1. The van der Waals surface area contributed by atoms with Crippen molar-refractivity contribution in [1.82, 2.24) is 5.43 Å². The van der Waals surface area contributed by atoms with E-state index in [1.54, 1.807) is 0 Å². The van der Waals surface area contributed by atoms with Gasteiger partial charge in [0.1, 0.15) is 6.10 Å². The van der Waals surface area contributed by atoms with Gasteiger partial charge in [-0.1, -0.05) is 54.1 Å². The summed E-state index contributed by atoms with van der Waals surface area (Å²) in [7, 11) is 0. The molecular formula is C16H17ClN2O. The van der Waals surface area contributed by atoms with Gasteiger partial charge in [-0.25, -0.2) is 5.43 Å². The minimum Gasteiger partial charge on any atom is -0.371 e. The van der Waals surface area contributed by atoms with Gasteiger partial charge in [-0.2, -0.15) is 0 Å². The van der Waals surface area contributed by atoms with Gasteiger partial charge in [-0.15, -0.1) is 0 Å². The smallest absolute Gasteiger partial charge is 0.104 e. The van der Waals surface area contributed by atoms with E-state index in [0.29, 0.717) is 11.6 Å². The van der Waals surface area contributed by atoms with Gasteiger partial charge in [0.25, 0.3) is 0 Å². The number of ether oxygens (including phenoxy) is 1. The summed E-state index contributed by atoms with van der Waals surface area (Å²) in [4.78, 5) is 0. The third kappa shape index (κ3) is 2.45. The molecule has 0 saturated carbocycles. The van der Waals surface area contributed by atoms with Gasteiger partial charge in [0.15, 0.2) is 0 Å². The summed E-state index contributed by atoms with van der Waals surface area (Å²) in [6, 6.07) is 15.9. The molecule has 0 amide bonds. The van der Waals surface area contributed by atoms with E-state index in [4.69, 9.17) is 22.2 Å². The fourth-order valence-electron chi connectivity index (χ4n) is 2.77. The second-order valence-corrected chi connectivity index (χ2v) is 5.31. The van der Waals surface area contributed by atoms with Crippen molar-refractivity contribution in [3.05, 3.63) is 70.2 Å². The number of nitrogens with two attached hydrogens (primary N) is 1. The Kier molecular flexibility index (Phi) is 4.03. The predicted octanol–water partition coefficient (Wildman–Crippen LogP) is 3.16. The van der Waals surface area contributed by atoms with Crippen molar-refractivity contribution in [3.63, 3.8) is 0 Å². The highest BCUT2D eigenvalue weighted by molar-refractivity contribution is 6.31. The summed E-state index contributed by atoms with van der Waals surface area (Å²) >= 11 is 6.29. The average molecular weight is 289 g/mol. The Morgan fingerprint density at radius 3 is 2.70 bits per heavy atom. The number of halogens is 1. The highest BCUT2D eigenvalue weighted by Gasteiger charge is 2.30. The molecule has 2 unspecified atom stereocenters. The Balaban J connectivity index is 2.01. The van der Waals surface area contributed by atoms with E-state index < -0.39 is 0 Å². The molecule has 3 nitrogen and oxygen atoms in total. The second kappa shape index (κ2) is 5.94. The van der Waals surface area contributed by atoms with Crippen LogP contribution < -0.4 is 11.3 Å². The first-order valence-corrected chi connectivity index (χ1v) is 7.09. The molecule has 2 aromatic carbocycles. The number of hydrogen-bond acceptors (Lipinski definition) is 3. The van der Waals surface area contributed by atoms with Crippen LogP contribution in [0, 0.1) is 0 Å². The maximum absolute atomic E-state index is 6.29. The summed E-state index contributed by atoms with van der Waals surface area (Å²) in [6.45, 7) is 0.699. The Bertz CT molecular complexity index is 603. The van der Waals surface area contributed by atoms with Crippen molar-refractivity contribution in [1.29, 1.82) is 0 Å². The van der Waals surface area contributed by atoms with Crippen molar-refractivity contribution in [3.8, 4) is 0 Å². The molecule has 20 heavy (non-hydrogen) atoms. The van der Waals surface area contributed by atoms with Crippen LogP contribution in [0.4, 0.5) is 0 Å². The normalized spacial score (nSPS) is 19.4. The molecule has 0 spiro atoms. The molecule has 1 aliphatic rings. The highest BCUT2D eigenvalue weighted by Crippen LogP contribution is 2.38. The number of benzene rings is 2. The van der Waals surface area contributed by atoms with E-state index in [1.807, 2.05) is 30.3 Å². The first kappa shape index (κ1) is 13.6. The number of fused-ring (bicyclic) bond motifs is 1. The summed E-state index contributed by atoms with van der Waals surface area (Å²) < 4.78 is 5.97. The topological polar surface area (TPSA) is 47.3 Å². The van der Waals surface area contributed by atoms with E-state index in [0.717, 1.165) is 12.0 Å². The fourth-order valence-corrected chi connectivity index (χ4v) is 3.02. The van der Waals surface area contributed by atoms with Gasteiger partial charge >= 0.3 is 0 Å². The Morgan fingerprint density at radius 2 is 1.90 bits per heavy atom. The maximum Gasteiger partial charge on any atom is 0.104 e. The lowest BCUT2D eigenvalue weighted by molar-refractivity contribution is 0.0147. The maximum atomic E-state index is 6.29. The molecule has 0 fully saturated rings. The largest absolute Gasteiger partial charge is 0.371 e. The van der Waals surface area contributed by atoms with Crippen LogP contribution in [0.25, 0.3) is 0 Å². The van der Waals surface area contributed by atoms with E-state index in [9.17, 15) is 0 Å². The van der Waals surface area contributed by atoms with Gasteiger partial charge in [0, 0.05) is 5.02 Å². The fraction of sp³-hybridized carbons (Fsp3) is 0.250. The predicted molar refractivity (Wildman–Crippen MR) is 80.4 cm³/mol. The SMILES string of the molecule is NNC(c1ccccc1Cl)C1OCCc2ccccc21. The van der Waals surface area contributed by atoms with Crippen molar-refractivity contribution in [2.75, 3.05) is 6.61 Å². The molecule has 104 valence electrons. The molecular weight excluding hydrogens is 272 g/mol. The number of hydrazine groups is 1. The van der Waals surface area contributed by atoms with E-state index in [1.165, 1.54) is 11.1 Å². The molecule has 2 atom stereocenters. The van der Waals surface area contributed by atoms with E-state index in [-0.39, 0.29) is 12.1 Å². The van der Waals surface area contributed by atoms with Crippen LogP contribution in [-0.4, -0.2) is 6.61 Å². The average Bonchev–Trinajstić information content (AvgIpc) is 2.50. The van der Waals surface area contributed by atoms with Gasteiger partial charge in [0.05, 0.1) is 12.6 Å².